The van der Waals surface area contributed by atoms with Gasteiger partial charge in [0.1, 0.15) is 5.69 Å². The first-order chi connectivity index (χ1) is 9.06. The Kier molecular flexibility index (Phi) is 3.11. The zero-order valence-electron chi connectivity index (χ0n) is 10.5. The molecule has 19 heavy (non-hydrogen) atoms. The highest BCUT2D eigenvalue weighted by atomic mass is 35.5. The van der Waals surface area contributed by atoms with Gasteiger partial charge < -0.3 is 10.6 Å². The van der Waals surface area contributed by atoms with E-state index < -0.39 is 0 Å². The number of halogens is 1. The summed E-state index contributed by atoms with van der Waals surface area (Å²) in [5.74, 6) is 0. The summed E-state index contributed by atoms with van der Waals surface area (Å²) in [7, 11) is 0. The van der Waals surface area contributed by atoms with Crippen LogP contribution in [0.4, 0.5) is 11.4 Å². The number of nitro groups is 1. The van der Waals surface area contributed by atoms with E-state index in [-0.39, 0.29) is 16.7 Å². The van der Waals surface area contributed by atoms with Crippen molar-refractivity contribution < 1.29 is 4.92 Å². The highest BCUT2D eigenvalue weighted by Crippen LogP contribution is 2.43. The molecule has 0 spiro atoms. The lowest BCUT2D eigenvalue weighted by molar-refractivity contribution is -0.384. The van der Waals surface area contributed by atoms with E-state index in [2.05, 4.69) is 4.90 Å². The lowest BCUT2D eigenvalue weighted by Crippen LogP contribution is -2.47. The van der Waals surface area contributed by atoms with Crippen LogP contribution < -0.4 is 10.6 Å². The SMILES string of the molecule is NC1CC2CCC(C1)N2c1cc(Cl)ccc1[N+](=O)[O-]. The van der Waals surface area contributed by atoms with Crippen molar-refractivity contribution in [3.05, 3.63) is 33.3 Å². The zero-order valence-corrected chi connectivity index (χ0v) is 11.2. The maximum absolute atomic E-state index is 11.2. The fourth-order valence-corrected chi connectivity index (χ4v) is 3.64. The molecule has 0 saturated carbocycles. The quantitative estimate of drug-likeness (QED) is 0.668. The van der Waals surface area contributed by atoms with Crippen molar-refractivity contribution in [3.63, 3.8) is 0 Å². The monoisotopic (exact) mass is 281 g/mol. The van der Waals surface area contributed by atoms with Gasteiger partial charge in [-0.05, 0) is 37.8 Å². The topological polar surface area (TPSA) is 72.4 Å². The first-order valence-electron chi connectivity index (χ1n) is 6.54. The molecule has 2 unspecified atom stereocenters. The Morgan fingerprint density at radius 3 is 2.53 bits per heavy atom. The van der Waals surface area contributed by atoms with Gasteiger partial charge in [-0.15, -0.1) is 0 Å². The molecule has 0 amide bonds. The lowest BCUT2D eigenvalue weighted by Gasteiger charge is -2.39. The highest BCUT2D eigenvalue weighted by molar-refractivity contribution is 6.31. The summed E-state index contributed by atoms with van der Waals surface area (Å²) in [6, 6.07) is 5.61. The Morgan fingerprint density at radius 2 is 1.95 bits per heavy atom. The van der Waals surface area contributed by atoms with E-state index in [4.69, 9.17) is 17.3 Å². The second kappa shape index (κ2) is 4.65. The third-order valence-corrected chi connectivity index (χ3v) is 4.42. The first-order valence-corrected chi connectivity index (χ1v) is 6.92. The molecule has 0 aromatic heterocycles. The van der Waals surface area contributed by atoms with Crippen LogP contribution in [0.3, 0.4) is 0 Å². The van der Waals surface area contributed by atoms with E-state index >= 15 is 0 Å². The molecule has 1 aromatic carbocycles. The number of hydrogen-bond donors (Lipinski definition) is 1. The summed E-state index contributed by atoms with van der Waals surface area (Å²) in [5, 5.41) is 11.7. The van der Waals surface area contributed by atoms with Crippen molar-refractivity contribution in [1.82, 2.24) is 0 Å². The number of benzene rings is 1. The van der Waals surface area contributed by atoms with Gasteiger partial charge in [-0.2, -0.15) is 0 Å². The van der Waals surface area contributed by atoms with Crippen LogP contribution in [0.15, 0.2) is 18.2 Å². The average Bonchev–Trinajstić information content (AvgIpc) is 2.61. The molecule has 2 aliphatic rings. The number of rotatable bonds is 2. The van der Waals surface area contributed by atoms with Gasteiger partial charge in [-0.3, -0.25) is 10.1 Å². The third-order valence-electron chi connectivity index (χ3n) is 4.18. The molecular weight excluding hydrogens is 266 g/mol. The summed E-state index contributed by atoms with van der Waals surface area (Å²) >= 11 is 6.01. The zero-order chi connectivity index (χ0) is 13.6. The van der Waals surface area contributed by atoms with E-state index in [1.807, 2.05) is 0 Å². The van der Waals surface area contributed by atoms with Crippen LogP contribution in [0.2, 0.25) is 5.02 Å². The smallest absolute Gasteiger partial charge is 0.292 e. The number of piperidine rings is 1. The van der Waals surface area contributed by atoms with Crippen LogP contribution in [-0.4, -0.2) is 23.0 Å². The summed E-state index contributed by atoms with van der Waals surface area (Å²) in [5.41, 5.74) is 6.82. The molecule has 2 heterocycles. The number of nitro benzene ring substituents is 1. The molecule has 5 nitrogen and oxygen atoms in total. The standard InChI is InChI=1S/C13H16ClN3O2/c14-8-1-4-12(17(18)19)13(5-8)16-10-2-3-11(16)7-9(15)6-10/h1,4-5,9-11H,2-3,6-7,15H2. The first kappa shape index (κ1) is 12.7. The van der Waals surface area contributed by atoms with E-state index in [1.54, 1.807) is 12.1 Å². The van der Waals surface area contributed by atoms with Crippen LogP contribution in [0, 0.1) is 10.1 Å². The normalized spacial score (nSPS) is 29.6. The van der Waals surface area contributed by atoms with E-state index in [0.29, 0.717) is 22.8 Å². The summed E-state index contributed by atoms with van der Waals surface area (Å²) in [4.78, 5) is 13.0. The van der Waals surface area contributed by atoms with Crippen molar-refractivity contribution in [1.29, 1.82) is 0 Å². The molecule has 2 aliphatic heterocycles. The van der Waals surface area contributed by atoms with Gasteiger partial charge in [0.15, 0.2) is 0 Å². The van der Waals surface area contributed by atoms with E-state index in [1.165, 1.54) is 6.07 Å². The Hall–Kier alpha value is -1.33. The van der Waals surface area contributed by atoms with Gasteiger partial charge in [0.2, 0.25) is 0 Å². The summed E-state index contributed by atoms with van der Waals surface area (Å²) < 4.78 is 0. The van der Waals surface area contributed by atoms with Crippen molar-refractivity contribution >= 4 is 23.0 Å². The van der Waals surface area contributed by atoms with Crippen LogP contribution >= 0.6 is 11.6 Å². The van der Waals surface area contributed by atoms with Crippen LogP contribution in [0.25, 0.3) is 0 Å². The Morgan fingerprint density at radius 1 is 1.32 bits per heavy atom. The van der Waals surface area contributed by atoms with Gasteiger partial charge in [0.25, 0.3) is 5.69 Å². The maximum atomic E-state index is 11.2. The molecule has 1 aromatic rings. The minimum atomic E-state index is -0.334. The van der Waals surface area contributed by atoms with Crippen LogP contribution in [0.5, 0.6) is 0 Å². The Bertz CT molecular complexity index is 509. The summed E-state index contributed by atoms with van der Waals surface area (Å²) in [6.07, 6.45) is 3.92. The molecule has 2 bridgehead atoms. The third kappa shape index (κ3) is 2.17. The molecule has 2 N–H and O–H groups in total. The predicted octanol–water partition coefficient (Wildman–Crippen LogP) is 2.71. The molecule has 2 atom stereocenters. The molecule has 6 heteroatoms. The minimum absolute atomic E-state index is 0.136. The molecule has 2 saturated heterocycles. The highest BCUT2D eigenvalue weighted by Gasteiger charge is 2.41. The Balaban J connectivity index is 2.03. The maximum Gasteiger partial charge on any atom is 0.292 e. The second-order valence-corrected chi connectivity index (χ2v) is 5.85. The second-order valence-electron chi connectivity index (χ2n) is 5.41. The molecule has 3 rings (SSSR count). The van der Waals surface area contributed by atoms with Crippen molar-refractivity contribution in [2.24, 2.45) is 5.73 Å². The molecule has 2 fully saturated rings. The van der Waals surface area contributed by atoms with Crippen molar-refractivity contribution in [2.45, 2.75) is 43.8 Å². The van der Waals surface area contributed by atoms with Gasteiger partial charge in [-0.1, -0.05) is 11.6 Å². The molecule has 102 valence electrons. The molecular formula is C13H16ClN3O2. The van der Waals surface area contributed by atoms with Crippen molar-refractivity contribution in [2.75, 3.05) is 4.90 Å². The van der Waals surface area contributed by atoms with Gasteiger partial charge in [0.05, 0.1) is 4.92 Å². The van der Waals surface area contributed by atoms with Gasteiger partial charge in [-0.25, -0.2) is 0 Å². The largest absolute Gasteiger partial charge is 0.360 e. The minimum Gasteiger partial charge on any atom is -0.360 e. The summed E-state index contributed by atoms with van der Waals surface area (Å²) in [6.45, 7) is 0. The number of fused-ring (bicyclic) bond motifs is 2. The Labute approximate surface area is 116 Å². The number of nitrogens with two attached hydrogens (primary N) is 1. The fraction of sp³-hybridized carbons (Fsp3) is 0.538. The van der Waals surface area contributed by atoms with Crippen LogP contribution in [0.1, 0.15) is 25.7 Å². The number of anilines is 1. The predicted molar refractivity (Wildman–Crippen MR) is 74.6 cm³/mol. The molecule has 0 aliphatic carbocycles. The van der Waals surface area contributed by atoms with Crippen molar-refractivity contribution in [3.8, 4) is 0 Å². The van der Waals surface area contributed by atoms with E-state index in [9.17, 15) is 10.1 Å². The van der Waals surface area contributed by atoms with Crippen LogP contribution in [-0.2, 0) is 0 Å². The number of hydrogen-bond acceptors (Lipinski definition) is 4. The average molecular weight is 282 g/mol. The number of nitrogens with zero attached hydrogens (tertiary/aromatic N) is 2. The fourth-order valence-electron chi connectivity index (χ4n) is 3.47. The molecule has 0 radical (unpaired) electrons. The van der Waals surface area contributed by atoms with E-state index in [0.717, 1.165) is 25.7 Å². The van der Waals surface area contributed by atoms with Gasteiger partial charge in [0, 0.05) is 29.2 Å². The lowest BCUT2D eigenvalue weighted by atomic mass is 9.97. The van der Waals surface area contributed by atoms with Gasteiger partial charge >= 0.3 is 0 Å².